The predicted molar refractivity (Wildman–Crippen MR) is 65.0 cm³/mol. The van der Waals surface area contributed by atoms with E-state index in [0.717, 1.165) is 10.7 Å². The highest BCUT2D eigenvalue weighted by molar-refractivity contribution is 7.09. The summed E-state index contributed by atoms with van der Waals surface area (Å²) in [7, 11) is 0. The number of hydrogen-bond acceptors (Lipinski definition) is 4. The molecule has 1 rings (SSSR count). The van der Waals surface area contributed by atoms with Crippen LogP contribution in [-0.2, 0) is 16.0 Å². The van der Waals surface area contributed by atoms with Gasteiger partial charge in [-0.15, -0.1) is 11.3 Å². The Morgan fingerprint density at radius 2 is 2.29 bits per heavy atom. The van der Waals surface area contributed by atoms with E-state index >= 15 is 0 Å². The third-order valence-corrected chi connectivity index (χ3v) is 3.15. The monoisotopic (exact) mass is 256 g/mol. The van der Waals surface area contributed by atoms with Crippen LogP contribution in [0.2, 0.25) is 0 Å². The molecule has 0 aromatic carbocycles. The number of aryl methyl sites for hydroxylation is 1. The van der Waals surface area contributed by atoms with Gasteiger partial charge in [0, 0.05) is 11.9 Å². The van der Waals surface area contributed by atoms with Gasteiger partial charge in [0.2, 0.25) is 5.91 Å². The maximum absolute atomic E-state index is 11.5. The van der Waals surface area contributed by atoms with Crippen LogP contribution in [0.1, 0.15) is 24.0 Å². The van der Waals surface area contributed by atoms with Gasteiger partial charge in [0.25, 0.3) is 0 Å². The summed E-state index contributed by atoms with van der Waals surface area (Å²) in [5.74, 6) is -1.39. The number of carboxylic acid groups (broad SMARTS) is 1. The van der Waals surface area contributed by atoms with Crippen LogP contribution < -0.4 is 5.32 Å². The van der Waals surface area contributed by atoms with E-state index < -0.39 is 11.9 Å². The van der Waals surface area contributed by atoms with Gasteiger partial charge in [0.15, 0.2) is 0 Å². The SMILES string of the molecule is Cc1nc(CC(=O)NCCC(C)C(=O)O)cs1. The van der Waals surface area contributed by atoms with Gasteiger partial charge < -0.3 is 10.4 Å². The minimum atomic E-state index is -0.839. The van der Waals surface area contributed by atoms with Gasteiger partial charge in [-0.05, 0) is 13.3 Å². The number of rotatable bonds is 6. The molecule has 5 nitrogen and oxygen atoms in total. The summed E-state index contributed by atoms with van der Waals surface area (Å²) in [5.41, 5.74) is 0.760. The average molecular weight is 256 g/mol. The van der Waals surface area contributed by atoms with Crippen molar-refractivity contribution >= 4 is 23.2 Å². The highest BCUT2D eigenvalue weighted by atomic mass is 32.1. The van der Waals surface area contributed by atoms with Gasteiger partial charge in [0.05, 0.1) is 23.0 Å². The summed E-state index contributed by atoms with van der Waals surface area (Å²) in [6, 6.07) is 0. The molecule has 1 aromatic heterocycles. The van der Waals surface area contributed by atoms with Crippen molar-refractivity contribution in [1.29, 1.82) is 0 Å². The van der Waals surface area contributed by atoms with E-state index in [4.69, 9.17) is 5.11 Å². The third kappa shape index (κ3) is 4.95. The lowest BCUT2D eigenvalue weighted by molar-refractivity contribution is -0.141. The van der Waals surface area contributed by atoms with Crippen LogP contribution in [0, 0.1) is 12.8 Å². The van der Waals surface area contributed by atoms with Crippen molar-refractivity contribution in [3.05, 3.63) is 16.1 Å². The maximum atomic E-state index is 11.5. The molecule has 1 amide bonds. The number of carbonyl (C=O) groups is 2. The molecule has 2 N–H and O–H groups in total. The lowest BCUT2D eigenvalue weighted by Crippen LogP contribution is -2.28. The van der Waals surface area contributed by atoms with Gasteiger partial charge in [-0.3, -0.25) is 9.59 Å². The van der Waals surface area contributed by atoms with E-state index in [1.807, 2.05) is 12.3 Å². The first-order chi connectivity index (χ1) is 7.99. The minimum Gasteiger partial charge on any atom is -0.481 e. The second-order valence-corrected chi connectivity index (χ2v) is 4.97. The zero-order valence-corrected chi connectivity index (χ0v) is 10.7. The molecule has 0 radical (unpaired) electrons. The van der Waals surface area contributed by atoms with Crippen molar-refractivity contribution in [2.24, 2.45) is 5.92 Å². The first kappa shape index (κ1) is 13.6. The largest absolute Gasteiger partial charge is 0.481 e. The molecule has 1 aromatic rings. The molecule has 0 aliphatic rings. The Morgan fingerprint density at radius 1 is 1.59 bits per heavy atom. The van der Waals surface area contributed by atoms with E-state index in [-0.39, 0.29) is 12.3 Å². The van der Waals surface area contributed by atoms with E-state index in [1.165, 1.54) is 11.3 Å². The second kappa shape index (κ2) is 6.34. The Labute approximate surface area is 104 Å². The molecule has 1 atom stereocenters. The van der Waals surface area contributed by atoms with E-state index in [0.29, 0.717) is 13.0 Å². The normalized spacial score (nSPS) is 12.1. The fourth-order valence-corrected chi connectivity index (χ4v) is 1.88. The molecule has 0 saturated carbocycles. The van der Waals surface area contributed by atoms with Crippen LogP contribution in [-0.4, -0.2) is 28.5 Å². The maximum Gasteiger partial charge on any atom is 0.306 e. The van der Waals surface area contributed by atoms with Crippen LogP contribution in [0.5, 0.6) is 0 Å². The Kier molecular flexibility index (Phi) is 5.09. The number of nitrogens with zero attached hydrogens (tertiary/aromatic N) is 1. The molecule has 0 aliphatic carbocycles. The average Bonchev–Trinajstić information content (AvgIpc) is 2.63. The van der Waals surface area contributed by atoms with E-state index in [2.05, 4.69) is 10.3 Å². The molecule has 0 aliphatic heterocycles. The number of aliphatic carboxylic acids is 1. The van der Waals surface area contributed by atoms with Crippen molar-refractivity contribution < 1.29 is 14.7 Å². The highest BCUT2D eigenvalue weighted by Crippen LogP contribution is 2.08. The molecule has 0 spiro atoms. The Balaban J connectivity index is 2.24. The number of nitrogens with one attached hydrogen (secondary N) is 1. The van der Waals surface area contributed by atoms with E-state index in [1.54, 1.807) is 6.92 Å². The van der Waals surface area contributed by atoms with Crippen molar-refractivity contribution in [2.75, 3.05) is 6.54 Å². The molecule has 1 unspecified atom stereocenters. The molecular weight excluding hydrogens is 240 g/mol. The fourth-order valence-electron chi connectivity index (χ4n) is 1.27. The molecule has 1 heterocycles. The number of aromatic nitrogens is 1. The number of carbonyl (C=O) groups excluding carboxylic acids is 1. The van der Waals surface area contributed by atoms with Crippen molar-refractivity contribution in [1.82, 2.24) is 10.3 Å². The lowest BCUT2D eigenvalue weighted by Gasteiger charge is -2.07. The number of thiazole rings is 1. The summed E-state index contributed by atoms with van der Waals surface area (Å²) < 4.78 is 0. The van der Waals surface area contributed by atoms with E-state index in [9.17, 15) is 9.59 Å². The van der Waals surface area contributed by atoms with Crippen LogP contribution in [0.25, 0.3) is 0 Å². The summed E-state index contributed by atoms with van der Waals surface area (Å²) in [6.07, 6.45) is 0.697. The van der Waals surface area contributed by atoms with Gasteiger partial charge in [0.1, 0.15) is 0 Å². The molecule has 0 saturated heterocycles. The fraction of sp³-hybridized carbons (Fsp3) is 0.545. The van der Waals surface area contributed by atoms with Crippen LogP contribution in [0.3, 0.4) is 0 Å². The molecule has 6 heteroatoms. The van der Waals surface area contributed by atoms with Gasteiger partial charge in [-0.1, -0.05) is 6.92 Å². The zero-order valence-electron chi connectivity index (χ0n) is 9.90. The summed E-state index contributed by atoms with van der Waals surface area (Å²) in [4.78, 5) is 26.2. The van der Waals surface area contributed by atoms with Crippen LogP contribution >= 0.6 is 11.3 Å². The second-order valence-electron chi connectivity index (χ2n) is 3.91. The first-order valence-corrected chi connectivity index (χ1v) is 6.27. The predicted octanol–water partition coefficient (Wildman–Crippen LogP) is 1.22. The number of hydrogen-bond donors (Lipinski definition) is 2. The summed E-state index contributed by atoms with van der Waals surface area (Å²) in [5, 5.41) is 14.1. The molecule has 0 fully saturated rings. The Morgan fingerprint density at radius 3 is 2.82 bits per heavy atom. The van der Waals surface area contributed by atoms with Gasteiger partial charge in [-0.25, -0.2) is 4.98 Å². The molecular formula is C11H16N2O3S. The van der Waals surface area contributed by atoms with Crippen molar-refractivity contribution in [3.8, 4) is 0 Å². The highest BCUT2D eigenvalue weighted by Gasteiger charge is 2.11. The third-order valence-electron chi connectivity index (χ3n) is 2.33. The number of amides is 1. The quantitative estimate of drug-likeness (QED) is 0.802. The van der Waals surface area contributed by atoms with Crippen molar-refractivity contribution in [3.63, 3.8) is 0 Å². The van der Waals surface area contributed by atoms with Gasteiger partial charge >= 0.3 is 5.97 Å². The zero-order chi connectivity index (χ0) is 12.8. The standard InChI is InChI=1S/C11H16N2O3S/c1-7(11(15)16)3-4-12-10(14)5-9-6-17-8(2)13-9/h6-7H,3-5H2,1-2H3,(H,12,14)(H,15,16). The molecule has 94 valence electrons. The number of carboxylic acids is 1. The Hall–Kier alpha value is -1.43. The van der Waals surface area contributed by atoms with Crippen LogP contribution in [0.4, 0.5) is 0 Å². The van der Waals surface area contributed by atoms with Crippen molar-refractivity contribution in [2.45, 2.75) is 26.7 Å². The first-order valence-electron chi connectivity index (χ1n) is 5.39. The van der Waals surface area contributed by atoms with Gasteiger partial charge in [-0.2, -0.15) is 0 Å². The summed E-state index contributed by atoms with van der Waals surface area (Å²) >= 11 is 1.51. The smallest absolute Gasteiger partial charge is 0.306 e. The molecule has 17 heavy (non-hydrogen) atoms. The molecule has 0 bridgehead atoms. The lowest BCUT2D eigenvalue weighted by atomic mass is 10.1. The minimum absolute atomic E-state index is 0.118. The summed E-state index contributed by atoms with van der Waals surface area (Å²) in [6.45, 7) is 3.90. The topological polar surface area (TPSA) is 79.3 Å². The van der Waals surface area contributed by atoms with Crippen LogP contribution in [0.15, 0.2) is 5.38 Å². The Bertz CT molecular complexity index is 403.